The van der Waals surface area contributed by atoms with E-state index in [-0.39, 0.29) is 11.5 Å². The first-order valence-corrected chi connectivity index (χ1v) is 10.6. The second-order valence-electron chi connectivity index (χ2n) is 3.13. The van der Waals surface area contributed by atoms with E-state index >= 15 is 0 Å². The van der Waals surface area contributed by atoms with Crippen molar-refractivity contribution in [3.8, 4) is 0 Å². The summed E-state index contributed by atoms with van der Waals surface area (Å²) in [5.74, 6) is 0.750. The standard InChI is InChI=1S/C4H10ClNO2S.C4H10INO2S/c2*1-6-9(7,8)4-2-3-5/h2*6H,2-4H2,1H3. The van der Waals surface area contributed by atoms with Crippen molar-refractivity contribution in [1.82, 2.24) is 9.44 Å². The summed E-state index contributed by atoms with van der Waals surface area (Å²) in [6, 6.07) is 0. The summed E-state index contributed by atoms with van der Waals surface area (Å²) in [5.41, 5.74) is 0. The van der Waals surface area contributed by atoms with Gasteiger partial charge < -0.3 is 0 Å². The van der Waals surface area contributed by atoms with Gasteiger partial charge in [-0.25, -0.2) is 26.3 Å². The lowest BCUT2D eigenvalue weighted by molar-refractivity contribution is 0.585. The van der Waals surface area contributed by atoms with Crippen LogP contribution >= 0.6 is 34.2 Å². The average Bonchev–Trinajstić information content (AvgIpc) is 2.35. The van der Waals surface area contributed by atoms with Gasteiger partial charge in [0.05, 0.1) is 11.5 Å². The molecule has 0 aromatic rings. The molecular weight excluding hydrogens is 415 g/mol. The second-order valence-corrected chi connectivity index (χ2v) is 8.68. The Morgan fingerprint density at radius 3 is 1.61 bits per heavy atom. The molecule has 0 aromatic heterocycles. The van der Waals surface area contributed by atoms with Crippen molar-refractivity contribution in [1.29, 1.82) is 0 Å². The molecule has 0 fully saturated rings. The van der Waals surface area contributed by atoms with Crippen LogP contribution < -0.4 is 9.44 Å². The molecule has 0 aliphatic carbocycles. The van der Waals surface area contributed by atoms with Crippen molar-refractivity contribution in [3.05, 3.63) is 0 Å². The fraction of sp³-hybridized carbons (Fsp3) is 1.00. The largest absolute Gasteiger partial charge is 0.218 e. The highest BCUT2D eigenvalue weighted by molar-refractivity contribution is 14.1. The van der Waals surface area contributed by atoms with Crippen LogP contribution in [0, 0.1) is 0 Å². The molecule has 0 rings (SSSR count). The van der Waals surface area contributed by atoms with Crippen molar-refractivity contribution in [2.24, 2.45) is 0 Å². The highest BCUT2D eigenvalue weighted by Gasteiger charge is 2.04. The van der Waals surface area contributed by atoms with Crippen LogP contribution in [-0.2, 0) is 20.0 Å². The zero-order valence-corrected chi connectivity index (χ0v) is 15.0. The molecule has 10 heteroatoms. The van der Waals surface area contributed by atoms with Crippen molar-refractivity contribution in [2.75, 3.05) is 35.9 Å². The Bertz CT molecular complexity index is 348. The van der Waals surface area contributed by atoms with Crippen molar-refractivity contribution in [2.45, 2.75) is 12.8 Å². The summed E-state index contributed by atoms with van der Waals surface area (Å²) < 4.78 is 47.8. The molecule has 2 N–H and O–H groups in total. The normalized spacial score (nSPS) is 11.8. The maximum absolute atomic E-state index is 10.6. The monoisotopic (exact) mass is 434 g/mol. The second kappa shape index (κ2) is 11.6. The van der Waals surface area contributed by atoms with Gasteiger partial charge in [-0.15, -0.1) is 11.6 Å². The Balaban J connectivity index is 0. The highest BCUT2D eigenvalue weighted by Crippen LogP contribution is 1.92. The van der Waals surface area contributed by atoms with E-state index in [2.05, 4.69) is 32.0 Å². The van der Waals surface area contributed by atoms with Crippen LogP contribution in [0.25, 0.3) is 0 Å². The minimum Gasteiger partial charge on any atom is -0.218 e. The molecular formula is C8H20ClIN2O4S2. The SMILES string of the molecule is CNS(=O)(=O)CCCCl.CNS(=O)(=O)CCCI. The first-order chi connectivity index (χ1) is 8.24. The topological polar surface area (TPSA) is 92.3 Å². The van der Waals surface area contributed by atoms with Crippen LogP contribution in [0.15, 0.2) is 0 Å². The molecule has 0 radical (unpaired) electrons. The van der Waals surface area contributed by atoms with E-state index in [1.165, 1.54) is 14.1 Å². The summed E-state index contributed by atoms with van der Waals surface area (Å²) in [7, 11) is -3.13. The minimum atomic E-state index is -3.02. The summed E-state index contributed by atoms with van der Waals surface area (Å²) in [4.78, 5) is 0. The van der Waals surface area contributed by atoms with Gasteiger partial charge in [-0.2, -0.15) is 0 Å². The van der Waals surface area contributed by atoms with E-state index in [4.69, 9.17) is 11.6 Å². The van der Waals surface area contributed by atoms with E-state index < -0.39 is 20.0 Å². The van der Waals surface area contributed by atoms with Gasteiger partial charge in [-0.3, -0.25) is 0 Å². The predicted molar refractivity (Wildman–Crippen MR) is 84.5 cm³/mol. The lowest BCUT2D eigenvalue weighted by Crippen LogP contribution is -2.22. The van der Waals surface area contributed by atoms with Crippen LogP contribution in [0.5, 0.6) is 0 Å². The summed E-state index contributed by atoms with van der Waals surface area (Å²) in [6.45, 7) is 0. The number of alkyl halides is 2. The Kier molecular flexibility index (Phi) is 13.7. The number of rotatable bonds is 8. The molecule has 0 saturated heterocycles. The number of halogens is 2. The molecule has 0 bridgehead atoms. The first-order valence-electron chi connectivity index (χ1n) is 5.19. The highest BCUT2D eigenvalue weighted by atomic mass is 127. The fourth-order valence-electron chi connectivity index (χ4n) is 0.693. The average molecular weight is 435 g/mol. The molecule has 6 nitrogen and oxygen atoms in total. The molecule has 0 atom stereocenters. The van der Waals surface area contributed by atoms with Gasteiger partial charge in [-0.1, -0.05) is 22.6 Å². The van der Waals surface area contributed by atoms with Gasteiger partial charge >= 0.3 is 0 Å². The lowest BCUT2D eigenvalue weighted by atomic mass is 10.6. The fourth-order valence-corrected chi connectivity index (χ4v) is 3.34. The van der Waals surface area contributed by atoms with Gasteiger partial charge in [-0.05, 0) is 26.9 Å². The van der Waals surface area contributed by atoms with Crippen molar-refractivity contribution in [3.63, 3.8) is 0 Å². The molecule has 0 amide bonds. The van der Waals surface area contributed by atoms with Crippen LogP contribution in [-0.4, -0.2) is 52.7 Å². The molecule has 0 aliphatic rings. The van der Waals surface area contributed by atoms with Crippen molar-refractivity contribution >= 4 is 54.2 Å². The number of sulfonamides is 2. The van der Waals surface area contributed by atoms with E-state index in [9.17, 15) is 16.8 Å². The molecule has 0 spiro atoms. The van der Waals surface area contributed by atoms with Crippen LogP contribution in [0.2, 0.25) is 0 Å². The van der Waals surface area contributed by atoms with Crippen LogP contribution in [0.3, 0.4) is 0 Å². The Hall–Kier alpha value is 0.840. The third-order valence-electron chi connectivity index (χ3n) is 1.72. The first kappa shape index (κ1) is 21.1. The molecule has 0 aliphatic heterocycles. The predicted octanol–water partition coefficient (Wildman–Crippen LogP) is 0.525. The van der Waals surface area contributed by atoms with Gasteiger partial charge in [0.2, 0.25) is 20.0 Å². The molecule has 0 unspecified atom stereocenters. The quantitative estimate of drug-likeness (QED) is 0.430. The van der Waals surface area contributed by atoms with Gasteiger partial charge in [0.25, 0.3) is 0 Å². The van der Waals surface area contributed by atoms with E-state index in [0.717, 1.165) is 10.8 Å². The van der Waals surface area contributed by atoms with Crippen molar-refractivity contribution < 1.29 is 16.8 Å². The Morgan fingerprint density at radius 2 is 1.33 bits per heavy atom. The Labute approximate surface area is 128 Å². The Morgan fingerprint density at radius 1 is 0.944 bits per heavy atom. The van der Waals surface area contributed by atoms with Gasteiger partial charge in [0, 0.05) is 10.3 Å². The smallest absolute Gasteiger partial charge is 0.211 e. The third-order valence-corrected chi connectivity index (χ3v) is 5.64. The molecule has 0 aromatic carbocycles. The lowest BCUT2D eigenvalue weighted by Gasteiger charge is -1.97. The van der Waals surface area contributed by atoms with E-state index in [1.807, 2.05) is 0 Å². The van der Waals surface area contributed by atoms with Crippen LogP contribution in [0.4, 0.5) is 0 Å². The number of nitrogens with one attached hydrogen (secondary N) is 2. The van der Waals surface area contributed by atoms with Gasteiger partial charge in [0.1, 0.15) is 0 Å². The zero-order valence-electron chi connectivity index (χ0n) is 10.4. The molecule has 0 saturated carbocycles. The molecule has 112 valence electrons. The number of hydrogen-bond donors (Lipinski definition) is 2. The maximum atomic E-state index is 10.6. The number of hydrogen-bond acceptors (Lipinski definition) is 4. The molecule has 18 heavy (non-hydrogen) atoms. The molecule has 0 heterocycles. The minimum absolute atomic E-state index is 0.118. The third kappa shape index (κ3) is 14.9. The van der Waals surface area contributed by atoms with Crippen LogP contribution in [0.1, 0.15) is 12.8 Å². The summed E-state index contributed by atoms with van der Waals surface area (Å²) in [5, 5.41) is 0. The van der Waals surface area contributed by atoms with E-state index in [0.29, 0.717) is 12.3 Å². The van der Waals surface area contributed by atoms with E-state index in [1.54, 1.807) is 0 Å². The summed E-state index contributed by atoms with van der Waals surface area (Å²) in [6.07, 6.45) is 1.23. The maximum Gasteiger partial charge on any atom is 0.211 e. The summed E-state index contributed by atoms with van der Waals surface area (Å²) >= 11 is 7.42. The van der Waals surface area contributed by atoms with Gasteiger partial charge in [0.15, 0.2) is 0 Å². The zero-order chi connectivity index (χ0) is 14.7.